The Morgan fingerprint density at radius 2 is 2.14 bits per heavy atom. The molecule has 0 amide bonds. The summed E-state index contributed by atoms with van der Waals surface area (Å²) in [7, 11) is 1.66. The number of nitrogens with zero attached hydrogens (tertiary/aromatic N) is 2. The molecule has 0 saturated heterocycles. The first-order chi connectivity index (χ1) is 10.3. The maximum atomic E-state index is 5.29. The van der Waals surface area contributed by atoms with E-state index in [1.165, 1.54) is 5.56 Å². The van der Waals surface area contributed by atoms with Crippen LogP contribution in [0.4, 0.5) is 0 Å². The summed E-state index contributed by atoms with van der Waals surface area (Å²) >= 11 is 0. The first kappa shape index (κ1) is 15.4. The predicted octanol–water partition coefficient (Wildman–Crippen LogP) is 3.14. The zero-order valence-corrected chi connectivity index (χ0v) is 13.0. The van der Waals surface area contributed by atoms with Crippen LogP contribution < -0.4 is 10.1 Å². The van der Waals surface area contributed by atoms with Gasteiger partial charge in [0.25, 0.3) is 0 Å². The molecule has 1 atom stereocenters. The van der Waals surface area contributed by atoms with E-state index in [1.54, 1.807) is 13.3 Å². The standard InChI is InChI=1S/C17H23N3O/c1-4-8-19-17(14-10-15(21-3)12-18-11-14)16-13(5-2)7-6-9-20-16/h6-7,9-12,17,19H,4-5,8H2,1-3H3. The second-order valence-corrected chi connectivity index (χ2v) is 4.95. The van der Waals surface area contributed by atoms with E-state index >= 15 is 0 Å². The molecule has 1 unspecified atom stereocenters. The summed E-state index contributed by atoms with van der Waals surface area (Å²) in [6.07, 6.45) is 7.49. The zero-order chi connectivity index (χ0) is 15.1. The van der Waals surface area contributed by atoms with Crippen LogP contribution in [0, 0.1) is 0 Å². The summed E-state index contributed by atoms with van der Waals surface area (Å²) in [6.45, 7) is 5.25. The monoisotopic (exact) mass is 285 g/mol. The van der Waals surface area contributed by atoms with Crippen LogP contribution in [0.1, 0.15) is 43.1 Å². The minimum Gasteiger partial charge on any atom is -0.495 e. The summed E-state index contributed by atoms with van der Waals surface area (Å²) in [5.41, 5.74) is 3.41. The van der Waals surface area contributed by atoms with Crippen molar-refractivity contribution in [1.82, 2.24) is 15.3 Å². The summed E-state index contributed by atoms with van der Waals surface area (Å²) in [5, 5.41) is 3.57. The second-order valence-electron chi connectivity index (χ2n) is 4.95. The van der Waals surface area contributed by atoms with E-state index in [1.807, 2.05) is 24.5 Å². The van der Waals surface area contributed by atoms with E-state index in [4.69, 9.17) is 4.74 Å². The maximum absolute atomic E-state index is 5.29. The highest BCUT2D eigenvalue weighted by Crippen LogP contribution is 2.25. The van der Waals surface area contributed by atoms with E-state index in [2.05, 4.69) is 35.2 Å². The third-order valence-electron chi connectivity index (χ3n) is 3.48. The molecule has 2 aromatic rings. The lowest BCUT2D eigenvalue weighted by molar-refractivity contribution is 0.411. The molecule has 2 aromatic heterocycles. The van der Waals surface area contributed by atoms with Crippen LogP contribution in [0.25, 0.3) is 0 Å². The molecule has 0 bridgehead atoms. The topological polar surface area (TPSA) is 47.0 Å². The van der Waals surface area contributed by atoms with Gasteiger partial charge in [-0.25, -0.2) is 0 Å². The van der Waals surface area contributed by atoms with Gasteiger partial charge < -0.3 is 10.1 Å². The predicted molar refractivity (Wildman–Crippen MR) is 84.5 cm³/mol. The first-order valence-electron chi connectivity index (χ1n) is 7.46. The molecule has 0 spiro atoms. The minimum atomic E-state index is 0.0451. The number of pyridine rings is 2. The lowest BCUT2D eigenvalue weighted by atomic mass is 9.99. The van der Waals surface area contributed by atoms with Crippen LogP contribution in [0.2, 0.25) is 0 Å². The largest absolute Gasteiger partial charge is 0.495 e. The third-order valence-corrected chi connectivity index (χ3v) is 3.48. The van der Waals surface area contributed by atoms with E-state index in [0.29, 0.717) is 0 Å². The molecule has 4 nitrogen and oxygen atoms in total. The van der Waals surface area contributed by atoms with Crippen molar-refractivity contribution in [2.24, 2.45) is 0 Å². The molecule has 112 valence electrons. The van der Waals surface area contributed by atoms with Crippen molar-refractivity contribution in [2.75, 3.05) is 13.7 Å². The Kier molecular flexibility index (Phi) is 5.69. The Hall–Kier alpha value is -1.94. The van der Waals surface area contributed by atoms with Crippen LogP contribution in [-0.2, 0) is 6.42 Å². The summed E-state index contributed by atoms with van der Waals surface area (Å²) in [4.78, 5) is 8.88. The van der Waals surface area contributed by atoms with Crippen LogP contribution >= 0.6 is 0 Å². The van der Waals surface area contributed by atoms with Crippen molar-refractivity contribution < 1.29 is 4.74 Å². The lowest BCUT2D eigenvalue weighted by Crippen LogP contribution is -2.25. The highest BCUT2D eigenvalue weighted by atomic mass is 16.5. The van der Waals surface area contributed by atoms with Gasteiger partial charge in [-0.2, -0.15) is 0 Å². The normalized spacial score (nSPS) is 12.1. The average Bonchev–Trinajstić information content (AvgIpc) is 2.56. The Bertz CT molecular complexity index is 571. The van der Waals surface area contributed by atoms with Gasteiger partial charge in [0.2, 0.25) is 0 Å². The molecule has 0 aliphatic carbocycles. The van der Waals surface area contributed by atoms with Crippen LogP contribution in [0.15, 0.2) is 36.8 Å². The smallest absolute Gasteiger partial charge is 0.137 e. The van der Waals surface area contributed by atoms with Crippen LogP contribution in [-0.4, -0.2) is 23.6 Å². The van der Waals surface area contributed by atoms with E-state index in [9.17, 15) is 0 Å². The Balaban J connectivity index is 2.41. The quantitative estimate of drug-likeness (QED) is 0.849. The number of hydrogen-bond acceptors (Lipinski definition) is 4. The Morgan fingerprint density at radius 1 is 1.29 bits per heavy atom. The molecule has 1 N–H and O–H groups in total. The molecule has 2 heterocycles. The molecule has 0 aliphatic rings. The van der Waals surface area contributed by atoms with Gasteiger partial charge in [-0.15, -0.1) is 0 Å². The number of hydrogen-bond donors (Lipinski definition) is 1. The fourth-order valence-corrected chi connectivity index (χ4v) is 2.38. The van der Waals surface area contributed by atoms with Crippen molar-refractivity contribution in [3.63, 3.8) is 0 Å². The number of methoxy groups -OCH3 is 1. The SMILES string of the molecule is CCCNC(c1cncc(OC)c1)c1ncccc1CC. The average molecular weight is 285 g/mol. The summed E-state index contributed by atoms with van der Waals surface area (Å²) in [5.74, 6) is 0.768. The van der Waals surface area contributed by atoms with Crippen molar-refractivity contribution in [1.29, 1.82) is 0 Å². The van der Waals surface area contributed by atoms with Crippen LogP contribution in [0.3, 0.4) is 0 Å². The molecular weight excluding hydrogens is 262 g/mol. The van der Waals surface area contributed by atoms with Crippen molar-refractivity contribution in [3.8, 4) is 5.75 Å². The molecule has 0 aliphatic heterocycles. The van der Waals surface area contributed by atoms with E-state index in [-0.39, 0.29) is 6.04 Å². The fourth-order valence-electron chi connectivity index (χ4n) is 2.38. The van der Waals surface area contributed by atoms with Gasteiger partial charge in [0.15, 0.2) is 0 Å². The minimum absolute atomic E-state index is 0.0451. The highest BCUT2D eigenvalue weighted by Gasteiger charge is 2.18. The number of nitrogens with one attached hydrogen (secondary N) is 1. The van der Waals surface area contributed by atoms with Gasteiger partial charge in [-0.05, 0) is 42.6 Å². The number of rotatable bonds is 7. The molecule has 0 radical (unpaired) electrons. The molecule has 0 fully saturated rings. The van der Waals surface area contributed by atoms with Gasteiger partial charge in [-0.3, -0.25) is 9.97 Å². The highest BCUT2D eigenvalue weighted by molar-refractivity contribution is 5.34. The molecular formula is C17H23N3O. The molecule has 2 rings (SSSR count). The zero-order valence-electron chi connectivity index (χ0n) is 13.0. The Labute approximate surface area is 126 Å². The summed E-state index contributed by atoms with van der Waals surface area (Å²) in [6, 6.07) is 6.19. The van der Waals surface area contributed by atoms with Crippen molar-refractivity contribution >= 4 is 0 Å². The van der Waals surface area contributed by atoms with Gasteiger partial charge in [0.1, 0.15) is 5.75 Å². The number of aromatic nitrogens is 2. The van der Waals surface area contributed by atoms with Gasteiger partial charge >= 0.3 is 0 Å². The molecule has 4 heteroatoms. The van der Waals surface area contributed by atoms with Gasteiger partial charge in [0.05, 0.1) is 25.0 Å². The number of ether oxygens (including phenoxy) is 1. The molecule has 21 heavy (non-hydrogen) atoms. The van der Waals surface area contributed by atoms with Gasteiger partial charge in [0, 0.05) is 12.4 Å². The molecule has 0 aromatic carbocycles. The van der Waals surface area contributed by atoms with Gasteiger partial charge in [-0.1, -0.05) is 19.9 Å². The first-order valence-corrected chi connectivity index (χ1v) is 7.46. The third kappa shape index (κ3) is 3.79. The molecule has 0 saturated carbocycles. The van der Waals surface area contributed by atoms with E-state index in [0.717, 1.165) is 36.4 Å². The fraction of sp³-hybridized carbons (Fsp3) is 0.412. The Morgan fingerprint density at radius 3 is 2.86 bits per heavy atom. The number of aryl methyl sites for hydroxylation is 1. The van der Waals surface area contributed by atoms with Crippen molar-refractivity contribution in [3.05, 3.63) is 53.6 Å². The second kappa shape index (κ2) is 7.74. The maximum Gasteiger partial charge on any atom is 0.137 e. The van der Waals surface area contributed by atoms with Crippen molar-refractivity contribution in [2.45, 2.75) is 32.7 Å². The van der Waals surface area contributed by atoms with Crippen LogP contribution in [0.5, 0.6) is 5.75 Å². The summed E-state index contributed by atoms with van der Waals surface area (Å²) < 4.78 is 5.29. The van der Waals surface area contributed by atoms with E-state index < -0.39 is 0 Å². The lowest BCUT2D eigenvalue weighted by Gasteiger charge is -2.21.